The molecule has 0 radical (unpaired) electrons. The Bertz CT molecular complexity index is 873. The van der Waals surface area contributed by atoms with Crippen molar-refractivity contribution in [2.75, 3.05) is 0 Å². The normalized spacial score (nSPS) is 11.5. The molecule has 0 aliphatic carbocycles. The standard InChI is InChI=1S/C16H6N4.C2H6/c1-19-15(9-17)13-7-8-14(16(10-18)20-2)12-6-4-3-5-11(12)13;1-2/h3-8H;1-2H3/b15-13-,16-14-;. The van der Waals surface area contributed by atoms with Gasteiger partial charge in [0.15, 0.2) is 0 Å². The van der Waals surface area contributed by atoms with E-state index in [0.29, 0.717) is 21.2 Å². The number of hydrogen-bond acceptors (Lipinski definition) is 2. The van der Waals surface area contributed by atoms with Crippen molar-refractivity contribution < 1.29 is 0 Å². The van der Waals surface area contributed by atoms with Crippen molar-refractivity contribution in [1.29, 1.82) is 10.5 Å². The maximum Gasteiger partial charge on any atom is 0.269 e. The predicted octanol–water partition coefficient (Wildman–Crippen LogP) is 2.97. The van der Waals surface area contributed by atoms with Crippen molar-refractivity contribution in [2.24, 2.45) is 0 Å². The van der Waals surface area contributed by atoms with E-state index in [9.17, 15) is 0 Å². The molecule has 0 heterocycles. The van der Waals surface area contributed by atoms with Crippen molar-refractivity contribution in [3.05, 3.63) is 69.7 Å². The van der Waals surface area contributed by atoms with E-state index < -0.39 is 0 Å². The molecule has 0 saturated heterocycles. The van der Waals surface area contributed by atoms with E-state index >= 15 is 0 Å². The average molecular weight is 284 g/mol. The number of nitriles is 2. The van der Waals surface area contributed by atoms with E-state index in [1.807, 2.05) is 26.0 Å². The summed E-state index contributed by atoms with van der Waals surface area (Å²) in [6.45, 7) is 18.1. The summed E-state index contributed by atoms with van der Waals surface area (Å²) in [5, 5.41) is 20.4. The van der Waals surface area contributed by atoms with Gasteiger partial charge in [-0.15, -0.1) is 0 Å². The van der Waals surface area contributed by atoms with Gasteiger partial charge in [0.25, 0.3) is 11.4 Å². The zero-order valence-electron chi connectivity index (χ0n) is 12.3. The first-order chi connectivity index (χ1) is 10.8. The van der Waals surface area contributed by atoms with Crippen LogP contribution in [0.2, 0.25) is 0 Å². The average Bonchev–Trinajstić information content (AvgIpc) is 2.60. The quantitative estimate of drug-likeness (QED) is 0.698. The zero-order chi connectivity index (χ0) is 16.5. The molecule has 0 atom stereocenters. The van der Waals surface area contributed by atoms with E-state index in [4.69, 9.17) is 23.7 Å². The molecule has 22 heavy (non-hydrogen) atoms. The van der Waals surface area contributed by atoms with Gasteiger partial charge in [-0.05, 0) is 21.2 Å². The number of rotatable bonds is 0. The molecule has 0 aliphatic rings. The first-order valence-corrected chi connectivity index (χ1v) is 6.58. The minimum Gasteiger partial charge on any atom is -0.226 e. The SMILES string of the molecule is CC.[C-]#[N+]/C(C#N)=c1/cc/c(=C(\C#N)[N+]#[C-])c2ccccc12. The summed E-state index contributed by atoms with van der Waals surface area (Å²) < 4.78 is 0. The van der Waals surface area contributed by atoms with Crippen LogP contribution in [0.4, 0.5) is 0 Å². The molecule has 0 bridgehead atoms. The molecular formula is C18H12N4. The van der Waals surface area contributed by atoms with Crippen LogP contribution in [0.15, 0.2) is 36.4 Å². The third kappa shape index (κ3) is 2.94. The van der Waals surface area contributed by atoms with Gasteiger partial charge >= 0.3 is 0 Å². The molecule has 0 amide bonds. The van der Waals surface area contributed by atoms with Gasteiger partial charge < -0.3 is 0 Å². The highest BCUT2D eigenvalue weighted by molar-refractivity contribution is 5.90. The first kappa shape index (κ1) is 16.5. The molecule has 4 nitrogen and oxygen atoms in total. The van der Waals surface area contributed by atoms with Crippen LogP contribution in [0.3, 0.4) is 0 Å². The molecule has 0 saturated carbocycles. The highest BCUT2D eigenvalue weighted by Gasteiger charge is 2.04. The Morgan fingerprint density at radius 3 is 1.45 bits per heavy atom. The largest absolute Gasteiger partial charge is 0.269 e. The van der Waals surface area contributed by atoms with Gasteiger partial charge in [-0.25, -0.2) is 20.2 Å². The second kappa shape index (κ2) is 7.86. The Labute approximate surface area is 129 Å². The second-order valence-corrected chi connectivity index (χ2v) is 3.85. The summed E-state index contributed by atoms with van der Waals surface area (Å²) in [6.07, 6.45) is 0. The maximum atomic E-state index is 9.00. The zero-order valence-corrected chi connectivity index (χ0v) is 12.3. The fourth-order valence-electron chi connectivity index (χ4n) is 2.00. The number of fused-ring (bicyclic) bond motifs is 1. The molecule has 0 aromatic heterocycles. The minimum absolute atomic E-state index is 0.00549. The number of nitrogens with zero attached hydrogens (tertiary/aromatic N) is 4. The molecule has 2 rings (SSSR count). The van der Waals surface area contributed by atoms with Crippen LogP contribution in [-0.2, 0) is 0 Å². The molecule has 2 aromatic carbocycles. The van der Waals surface area contributed by atoms with Gasteiger partial charge in [-0.2, -0.15) is 0 Å². The van der Waals surface area contributed by atoms with Crippen molar-refractivity contribution >= 4 is 22.2 Å². The lowest BCUT2D eigenvalue weighted by Crippen LogP contribution is -2.14. The van der Waals surface area contributed by atoms with Gasteiger partial charge in [0.1, 0.15) is 0 Å². The minimum atomic E-state index is -0.00549. The molecular weight excluding hydrogens is 272 g/mol. The summed E-state index contributed by atoms with van der Waals surface area (Å²) in [5.41, 5.74) is -0.0110. The number of hydrogen-bond donors (Lipinski definition) is 0. The molecule has 2 aromatic rings. The highest BCUT2D eigenvalue weighted by atomic mass is 14.7. The van der Waals surface area contributed by atoms with Crippen LogP contribution in [-0.4, -0.2) is 0 Å². The Balaban J connectivity index is 0.00000116. The fourth-order valence-corrected chi connectivity index (χ4v) is 2.00. The molecule has 104 valence electrons. The smallest absolute Gasteiger partial charge is 0.226 e. The Morgan fingerprint density at radius 2 is 1.18 bits per heavy atom. The molecule has 0 fully saturated rings. The summed E-state index contributed by atoms with van der Waals surface area (Å²) in [7, 11) is 0. The molecule has 4 heteroatoms. The molecule has 0 spiro atoms. The van der Waals surface area contributed by atoms with Gasteiger partial charge in [0.05, 0.1) is 25.3 Å². The fraction of sp³-hybridized carbons (Fsp3) is 0.111. The Kier molecular flexibility index (Phi) is 5.88. The first-order valence-electron chi connectivity index (χ1n) is 6.58. The predicted molar refractivity (Wildman–Crippen MR) is 85.8 cm³/mol. The third-order valence-electron chi connectivity index (χ3n) is 2.87. The van der Waals surface area contributed by atoms with Crippen molar-refractivity contribution in [1.82, 2.24) is 0 Å². The van der Waals surface area contributed by atoms with Gasteiger partial charge in [0.2, 0.25) is 0 Å². The highest BCUT2D eigenvalue weighted by Crippen LogP contribution is 2.08. The van der Waals surface area contributed by atoms with Crippen LogP contribution in [0.5, 0.6) is 0 Å². The topological polar surface area (TPSA) is 56.3 Å². The Hall–Kier alpha value is -3.60. The van der Waals surface area contributed by atoms with Crippen LogP contribution in [0.25, 0.3) is 31.9 Å². The van der Waals surface area contributed by atoms with E-state index in [1.54, 1.807) is 36.4 Å². The van der Waals surface area contributed by atoms with Crippen LogP contribution in [0, 0.1) is 35.8 Å². The van der Waals surface area contributed by atoms with Crippen molar-refractivity contribution in [3.8, 4) is 12.1 Å². The van der Waals surface area contributed by atoms with Gasteiger partial charge in [0, 0.05) is 0 Å². The van der Waals surface area contributed by atoms with Crippen molar-refractivity contribution in [3.63, 3.8) is 0 Å². The van der Waals surface area contributed by atoms with E-state index in [0.717, 1.165) is 0 Å². The summed E-state index contributed by atoms with van der Waals surface area (Å²) >= 11 is 0. The molecule has 0 N–H and O–H groups in total. The maximum absolute atomic E-state index is 9.00. The van der Waals surface area contributed by atoms with E-state index in [-0.39, 0.29) is 11.4 Å². The Morgan fingerprint density at radius 1 is 0.818 bits per heavy atom. The third-order valence-corrected chi connectivity index (χ3v) is 2.87. The van der Waals surface area contributed by atoms with Crippen LogP contribution >= 0.6 is 0 Å². The van der Waals surface area contributed by atoms with Crippen LogP contribution in [0.1, 0.15) is 13.8 Å². The number of benzene rings is 2. The summed E-state index contributed by atoms with van der Waals surface area (Å²) in [6, 6.07) is 14.1. The molecule has 0 unspecified atom stereocenters. The van der Waals surface area contributed by atoms with E-state index in [1.165, 1.54) is 0 Å². The lowest BCUT2D eigenvalue weighted by Gasteiger charge is -2.01. The second-order valence-electron chi connectivity index (χ2n) is 3.85. The van der Waals surface area contributed by atoms with Crippen molar-refractivity contribution in [2.45, 2.75) is 13.8 Å². The summed E-state index contributed by atoms with van der Waals surface area (Å²) in [5.74, 6) is 0. The van der Waals surface area contributed by atoms with E-state index in [2.05, 4.69) is 9.69 Å². The van der Waals surface area contributed by atoms with Crippen LogP contribution < -0.4 is 10.4 Å². The molecule has 0 aliphatic heterocycles. The van der Waals surface area contributed by atoms with Gasteiger partial charge in [-0.1, -0.05) is 50.2 Å². The van der Waals surface area contributed by atoms with Gasteiger partial charge in [-0.3, -0.25) is 0 Å². The lowest BCUT2D eigenvalue weighted by atomic mass is 10.0. The lowest BCUT2D eigenvalue weighted by molar-refractivity contribution is 1.50. The summed E-state index contributed by atoms with van der Waals surface area (Å²) in [4.78, 5) is 6.43. The monoisotopic (exact) mass is 284 g/mol.